The molecule has 0 fully saturated rings. The molecule has 1 aromatic rings. The molecule has 0 aromatic heterocycles. The average Bonchev–Trinajstić information content (AvgIpc) is 2.17. The van der Waals surface area contributed by atoms with E-state index < -0.39 is 0 Å². The Labute approximate surface area is 77.8 Å². The van der Waals surface area contributed by atoms with Crippen LogP contribution < -0.4 is 5.73 Å². The number of hydrogen-bond acceptors (Lipinski definition) is 3. The highest BCUT2D eigenvalue weighted by atomic mass is 16.3. The predicted octanol–water partition coefficient (Wildman–Crippen LogP) is 0.412. The maximum Gasteiger partial charge on any atom is 0.0484 e. The molecule has 0 aliphatic heterocycles. The number of aliphatic hydroxyl groups excluding tert-OH is 2. The fourth-order valence-electron chi connectivity index (χ4n) is 1.22. The fourth-order valence-corrected chi connectivity index (χ4v) is 1.22. The van der Waals surface area contributed by atoms with E-state index in [9.17, 15) is 0 Å². The van der Waals surface area contributed by atoms with Gasteiger partial charge in [0.25, 0.3) is 0 Å². The van der Waals surface area contributed by atoms with Gasteiger partial charge in [-0.1, -0.05) is 18.2 Å². The van der Waals surface area contributed by atoms with Crippen LogP contribution in [0.25, 0.3) is 0 Å². The predicted molar refractivity (Wildman–Crippen MR) is 52.2 cm³/mol. The van der Waals surface area contributed by atoms with Crippen molar-refractivity contribution >= 4 is 5.69 Å². The molecule has 4 N–H and O–H groups in total. The van der Waals surface area contributed by atoms with E-state index in [1.165, 1.54) is 0 Å². The number of anilines is 1. The van der Waals surface area contributed by atoms with Gasteiger partial charge in [0.1, 0.15) is 0 Å². The van der Waals surface area contributed by atoms with E-state index in [4.69, 9.17) is 15.9 Å². The number of hydrogen-bond donors (Lipinski definition) is 3. The van der Waals surface area contributed by atoms with E-state index in [2.05, 4.69) is 0 Å². The number of rotatable bonds is 4. The summed E-state index contributed by atoms with van der Waals surface area (Å²) >= 11 is 0. The molecule has 3 heteroatoms. The minimum Gasteiger partial charge on any atom is -0.399 e. The number of benzene rings is 1. The molecule has 0 aliphatic carbocycles. The Bertz CT molecular complexity index is 259. The largest absolute Gasteiger partial charge is 0.399 e. The molecule has 0 heterocycles. The van der Waals surface area contributed by atoms with Crippen LogP contribution in [0.1, 0.15) is 5.56 Å². The second-order valence-electron chi connectivity index (χ2n) is 3.13. The van der Waals surface area contributed by atoms with Crippen LogP contribution in [-0.2, 0) is 6.42 Å². The van der Waals surface area contributed by atoms with Gasteiger partial charge in [0.2, 0.25) is 0 Å². The van der Waals surface area contributed by atoms with Gasteiger partial charge in [0, 0.05) is 24.8 Å². The van der Waals surface area contributed by atoms with Crippen LogP contribution in [0.3, 0.4) is 0 Å². The van der Waals surface area contributed by atoms with Crippen LogP contribution >= 0.6 is 0 Å². The van der Waals surface area contributed by atoms with Crippen molar-refractivity contribution in [2.24, 2.45) is 5.92 Å². The molecular formula is C10H15NO2. The third kappa shape index (κ3) is 2.72. The summed E-state index contributed by atoms with van der Waals surface area (Å²) < 4.78 is 0. The highest BCUT2D eigenvalue weighted by Gasteiger charge is 2.08. The standard InChI is InChI=1S/C10H15NO2/c11-10-4-2-1-3-9(10)5-8(6-12)7-13/h1-4,8,12-13H,5-7,11H2. The lowest BCUT2D eigenvalue weighted by Crippen LogP contribution is -2.14. The highest BCUT2D eigenvalue weighted by molar-refractivity contribution is 5.46. The third-order valence-electron chi connectivity index (χ3n) is 2.08. The normalized spacial score (nSPS) is 10.7. The first-order valence-corrected chi connectivity index (χ1v) is 4.33. The zero-order valence-electron chi connectivity index (χ0n) is 7.48. The molecule has 13 heavy (non-hydrogen) atoms. The number of nitrogen functional groups attached to an aromatic ring is 1. The molecule has 0 bridgehead atoms. The lowest BCUT2D eigenvalue weighted by molar-refractivity contribution is 0.150. The maximum absolute atomic E-state index is 8.88. The first-order chi connectivity index (χ1) is 6.27. The Balaban J connectivity index is 2.67. The van der Waals surface area contributed by atoms with Crippen LogP contribution in [0.2, 0.25) is 0 Å². The molecule has 72 valence electrons. The molecule has 0 amide bonds. The van der Waals surface area contributed by atoms with Crippen molar-refractivity contribution < 1.29 is 10.2 Å². The van der Waals surface area contributed by atoms with Crippen molar-refractivity contribution in [1.82, 2.24) is 0 Å². The summed E-state index contributed by atoms with van der Waals surface area (Å²) in [4.78, 5) is 0. The fraction of sp³-hybridized carbons (Fsp3) is 0.400. The van der Waals surface area contributed by atoms with Gasteiger partial charge in [-0.25, -0.2) is 0 Å². The van der Waals surface area contributed by atoms with E-state index in [-0.39, 0.29) is 19.1 Å². The Morgan fingerprint density at radius 3 is 2.31 bits per heavy atom. The van der Waals surface area contributed by atoms with E-state index in [1.807, 2.05) is 24.3 Å². The molecule has 1 rings (SSSR count). The van der Waals surface area contributed by atoms with Gasteiger partial charge in [-0.05, 0) is 18.1 Å². The molecular weight excluding hydrogens is 166 g/mol. The quantitative estimate of drug-likeness (QED) is 0.589. The Kier molecular flexibility index (Phi) is 3.73. The van der Waals surface area contributed by atoms with Gasteiger partial charge in [-0.2, -0.15) is 0 Å². The minimum absolute atomic E-state index is 0.00909. The van der Waals surface area contributed by atoms with Crippen molar-refractivity contribution in [1.29, 1.82) is 0 Å². The first kappa shape index (κ1) is 10.0. The molecule has 0 radical (unpaired) electrons. The minimum atomic E-state index is -0.107. The number of aliphatic hydroxyl groups is 2. The van der Waals surface area contributed by atoms with Gasteiger partial charge in [0.15, 0.2) is 0 Å². The molecule has 1 aromatic carbocycles. The lowest BCUT2D eigenvalue weighted by atomic mass is 10.00. The smallest absolute Gasteiger partial charge is 0.0484 e. The van der Waals surface area contributed by atoms with E-state index in [1.54, 1.807) is 0 Å². The van der Waals surface area contributed by atoms with Crippen molar-refractivity contribution in [3.63, 3.8) is 0 Å². The van der Waals surface area contributed by atoms with Gasteiger partial charge in [-0.15, -0.1) is 0 Å². The van der Waals surface area contributed by atoms with E-state index in [0.717, 1.165) is 11.3 Å². The third-order valence-corrected chi connectivity index (χ3v) is 2.08. The zero-order chi connectivity index (χ0) is 9.68. The molecule has 0 unspecified atom stereocenters. The van der Waals surface area contributed by atoms with Crippen molar-refractivity contribution in [3.8, 4) is 0 Å². The Hall–Kier alpha value is -1.06. The highest BCUT2D eigenvalue weighted by Crippen LogP contribution is 2.15. The second kappa shape index (κ2) is 4.84. The van der Waals surface area contributed by atoms with Gasteiger partial charge in [-0.3, -0.25) is 0 Å². The van der Waals surface area contributed by atoms with Gasteiger partial charge in [0.05, 0.1) is 0 Å². The summed E-state index contributed by atoms with van der Waals surface area (Å²) in [5.74, 6) is -0.107. The van der Waals surface area contributed by atoms with E-state index >= 15 is 0 Å². The first-order valence-electron chi connectivity index (χ1n) is 4.33. The van der Waals surface area contributed by atoms with E-state index in [0.29, 0.717) is 6.42 Å². The van der Waals surface area contributed by atoms with Crippen LogP contribution in [0.5, 0.6) is 0 Å². The van der Waals surface area contributed by atoms with Crippen LogP contribution in [0, 0.1) is 5.92 Å². The maximum atomic E-state index is 8.88. The Morgan fingerprint density at radius 1 is 1.15 bits per heavy atom. The molecule has 0 aliphatic rings. The summed E-state index contributed by atoms with van der Waals surface area (Å²) in [7, 11) is 0. The summed E-state index contributed by atoms with van der Waals surface area (Å²) in [6.45, 7) is -0.0182. The second-order valence-corrected chi connectivity index (χ2v) is 3.13. The van der Waals surface area contributed by atoms with Crippen LogP contribution in [0.15, 0.2) is 24.3 Å². The summed E-state index contributed by atoms with van der Waals surface area (Å²) in [6, 6.07) is 7.50. The lowest BCUT2D eigenvalue weighted by Gasteiger charge is -2.11. The Morgan fingerprint density at radius 2 is 1.77 bits per heavy atom. The summed E-state index contributed by atoms with van der Waals surface area (Å²) in [5.41, 5.74) is 7.41. The molecule has 0 saturated carbocycles. The average molecular weight is 181 g/mol. The number of nitrogens with two attached hydrogens (primary N) is 1. The van der Waals surface area contributed by atoms with Crippen LogP contribution in [0.4, 0.5) is 5.69 Å². The van der Waals surface area contributed by atoms with Gasteiger partial charge < -0.3 is 15.9 Å². The topological polar surface area (TPSA) is 66.5 Å². The van der Waals surface area contributed by atoms with Crippen molar-refractivity contribution in [2.45, 2.75) is 6.42 Å². The molecule has 0 saturated heterocycles. The monoisotopic (exact) mass is 181 g/mol. The van der Waals surface area contributed by atoms with Gasteiger partial charge >= 0.3 is 0 Å². The number of para-hydroxylation sites is 1. The van der Waals surface area contributed by atoms with Crippen LogP contribution in [-0.4, -0.2) is 23.4 Å². The molecule has 0 spiro atoms. The van der Waals surface area contributed by atoms with Crippen molar-refractivity contribution in [2.75, 3.05) is 18.9 Å². The summed E-state index contributed by atoms with van der Waals surface area (Å²) in [5, 5.41) is 17.8. The zero-order valence-corrected chi connectivity index (χ0v) is 7.48. The molecule has 3 nitrogen and oxygen atoms in total. The molecule has 0 atom stereocenters. The summed E-state index contributed by atoms with van der Waals surface area (Å²) in [6.07, 6.45) is 0.625. The van der Waals surface area contributed by atoms with Crippen molar-refractivity contribution in [3.05, 3.63) is 29.8 Å². The SMILES string of the molecule is Nc1ccccc1CC(CO)CO.